The number of hydrogen-bond donors (Lipinski definition) is 3. The van der Waals surface area contributed by atoms with E-state index in [1.165, 1.54) is 6.07 Å². The van der Waals surface area contributed by atoms with Crippen molar-refractivity contribution in [3.8, 4) is 5.75 Å². The van der Waals surface area contributed by atoms with Crippen LogP contribution < -0.4 is 10.3 Å². The molecule has 90 valence electrons. The van der Waals surface area contributed by atoms with Gasteiger partial charge in [0.15, 0.2) is 0 Å². The van der Waals surface area contributed by atoms with Crippen LogP contribution in [-0.2, 0) is 4.57 Å². The number of phosphoric acid groups is 1. The Labute approximate surface area is 102 Å². The third-order valence-corrected chi connectivity index (χ3v) is 2.96. The first kappa shape index (κ1) is 12.2. The minimum Gasteiger partial charge on any atom is -0.404 e. The van der Waals surface area contributed by atoms with Crippen LogP contribution in [0.1, 0.15) is 0 Å². The molecule has 0 aliphatic heterocycles. The highest BCUT2D eigenvalue weighted by molar-refractivity contribution is 7.46. The Balaban J connectivity index is 2.72. The molecular formula is C10H9ClNO4P. The molecule has 7 heteroatoms. The fourth-order valence-corrected chi connectivity index (χ4v) is 2.14. The third kappa shape index (κ3) is 2.53. The van der Waals surface area contributed by atoms with Gasteiger partial charge in [-0.05, 0) is 0 Å². The van der Waals surface area contributed by atoms with Crippen LogP contribution in [0.15, 0.2) is 30.3 Å². The van der Waals surface area contributed by atoms with Crippen LogP contribution in [0, 0.1) is 0 Å². The molecule has 0 aromatic heterocycles. The molecule has 0 aliphatic carbocycles. The Morgan fingerprint density at radius 2 is 1.82 bits per heavy atom. The maximum absolute atomic E-state index is 10.8. The molecule has 0 radical (unpaired) electrons. The highest BCUT2D eigenvalue weighted by Crippen LogP contribution is 2.43. The molecule has 17 heavy (non-hydrogen) atoms. The van der Waals surface area contributed by atoms with E-state index < -0.39 is 7.82 Å². The second-order valence-electron chi connectivity index (χ2n) is 3.40. The number of hydrogen-bond acceptors (Lipinski definition) is 3. The van der Waals surface area contributed by atoms with Crippen molar-refractivity contribution < 1.29 is 18.9 Å². The molecule has 2 aromatic rings. The van der Waals surface area contributed by atoms with Crippen LogP contribution in [0.4, 0.5) is 5.69 Å². The van der Waals surface area contributed by atoms with Crippen molar-refractivity contribution in [3.05, 3.63) is 35.4 Å². The minimum absolute atomic E-state index is 0.00753. The second kappa shape index (κ2) is 4.20. The Bertz CT molecular complexity index is 625. The number of benzene rings is 2. The van der Waals surface area contributed by atoms with Gasteiger partial charge in [0.25, 0.3) is 0 Å². The van der Waals surface area contributed by atoms with E-state index in [0.29, 0.717) is 16.5 Å². The summed E-state index contributed by atoms with van der Waals surface area (Å²) in [5.74, 6) is 0.00753. The van der Waals surface area contributed by atoms with E-state index in [2.05, 4.69) is 4.52 Å². The minimum atomic E-state index is -4.63. The number of anilines is 1. The largest absolute Gasteiger partial charge is 0.524 e. The van der Waals surface area contributed by atoms with Crippen LogP contribution in [0.2, 0.25) is 5.02 Å². The van der Waals surface area contributed by atoms with Gasteiger partial charge in [-0.1, -0.05) is 35.9 Å². The van der Waals surface area contributed by atoms with E-state index in [-0.39, 0.29) is 10.8 Å². The van der Waals surface area contributed by atoms with Gasteiger partial charge in [0, 0.05) is 16.8 Å². The van der Waals surface area contributed by atoms with E-state index in [1.54, 1.807) is 24.3 Å². The highest BCUT2D eigenvalue weighted by atomic mass is 35.5. The van der Waals surface area contributed by atoms with E-state index in [9.17, 15) is 4.57 Å². The molecule has 0 bridgehead atoms. The molecule has 0 amide bonds. The Hall–Kier alpha value is -1.26. The molecule has 0 saturated carbocycles. The standard InChI is InChI=1S/C10H9ClNO4P/c11-8-5-9(16-17(13,14)15)6-3-1-2-4-7(6)10(8)12/h1-5H,12H2,(H2,13,14,15). The first-order chi connectivity index (χ1) is 7.88. The molecule has 0 saturated heterocycles. The predicted molar refractivity (Wildman–Crippen MR) is 66.0 cm³/mol. The zero-order chi connectivity index (χ0) is 12.6. The van der Waals surface area contributed by atoms with Gasteiger partial charge in [-0.3, -0.25) is 9.79 Å². The average Bonchev–Trinajstić information content (AvgIpc) is 2.24. The van der Waals surface area contributed by atoms with Crippen molar-refractivity contribution >= 4 is 35.9 Å². The second-order valence-corrected chi connectivity index (χ2v) is 4.97. The van der Waals surface area contributed by atoms with Crippen molar-refractivity contribution in [3.63, 3.8) is 0 Å². The predicted octanol–water partition coefficient (Wildman–Crippen LogP) is 2.55. The van der Waals surface area contributed by atoms with Crippen LogP contribution in [0.25, 0.3) is 10.8 Å². The molecule has 0 heterocycles. The van der Waals surface area contributed by atoms with Crippen molar-refractivity contribution in [2.45, 2.75) is 0 Å². The van der Waals surface area contributed by atoms with Crippen LogP contribution >= 0.6 is 19.4 Å². The molecule has 0 spiro atoms. The van der Waals surface area contributed by atoms with Gasteiger partial charge in [0.1, 0.15) is 5.75 Å². The van der Waals surface area contributed by atoms with Gasteiger partial charge in [-0.15, -0.1) is 0 Å². The number of nitrogens with two attached hydrogens (primary N) is 1. The number of rotatable bonds is 2. The smallest absolute Gasteiger partial charge is 0.404 e. The fourth-order valence-electron chi connectivity index (χ4n) is 1.54. The molecule has 0 fully saturated rings. The van der Waals surface area contributed by atoms with Gasteiger partial charge >= 0.3 is 7.82 Å². The molecular weight excluding hydrogens is 265 g/mol. The molecule has 2 rings (SSSR count). The summed E-state index contributed by atoms with van der Waals surface area (Å²) in [5.41, 5.74) is 6.12. The first-order valence-electron chi connectivity index (χ1n) is 4.60. The van der Waals surface area contributed by atoms with Crippen LogP contribution in [0.5, 0.6) is 5.75 Å². The Morgan fingerprint density at radius 3 is 2.41 bits per heavy atom. The van der Waals surface area contributed by atoms with E-state index in [1.807, 2.05) is 0 Å². The number of phosphoric ester groups is 1. The summed E-state index contributed by atoms with van der Waals surface area (Å²) in [6.07, 6.45) is 0. The Morgan fingerprint density at radius 1 is 1.24 bits per heavy atom. The summed E-state index contributed by atoms with van der Waals surface area (Å²) in [6, 6.07) is 8.09. The summed E-state index contributed by atoms with van der Waals surface area (Å²) >= 11 is 5.86. The van der Waals surface area contributed by atoms with Gasteiger partial charge in [0.2, 0.25) is 0 Å². The number of nitrogen functional groups attached to an aromatic ring is 1. The fraction of sp³-hybridized carbons (Fsp3) is 0. The van der Waals surface area contributed by atoms with Crippen molar-refractivity contribution in [1.82, 2.24) is 0 Å². The zero-order valence-electron chi connectivity index (χ0n) is 8.50. The summed E-state index contributed by atoms with van der Waals surface area (Å²) < 4.78 is 15.4. The lowest BCUT2D eigenvalue weighted by Crippen LogP contribution is -1.94. The van der Waals surface area contributed by atoms with Crippen LogP contribution in [0.3, 0.4) is 0 Å². The molecule has 0 unspecified atom stereocenters. The van der Waals surface area contributed by atoms with Crippen LogP contribution in [-0.4, -0.2) is 9.79 Å². The summed E-state index contributed by atoms with van der Waals surface area (Å²) in [7, 11) is -4.63. The van der Waals surface area contributed by atoms with E-state index >= 15 is 0 Å². The molecule has 5 nitrogen and oxygen atoms in total. The van der Waals surface area contributed by atoms with Gasteiger partial charge in [-0.25, -0.2) is 4.57 Å². The maximum atomic E-state index is 10.8. The maximum Gasteiger partial charge on any atom is 0.524 e. The van der Waals surface area contributed by atoms with E-state index in [4.69, 9.17) is 27.1 Å². The summed E-state index contributed by atoms with van der Waals surface area (Å²) in [6.45, 7) is 0. The molecule has 0 atom stereocenters. The van der Waals surface area contributed by atoms with E-state index in [0.717, 1.165) is 0 Å². The molecule has 4 N–H and O–H groups in total. The number of fused-ring (bicyclic) bond motifs is 1. The van der Waals surface area contributed by atoms with Gasteiger partial charge in [-0.2, -0.15) is 0 Å². The number of halogens is 1. The monoisotopic (exact) mass is 273 g/mol. The lowest BCUT2D eigenvalue weighted by atomic mass is 10.1. The summed E-state index contributed by atoms with van der Waals surface area (Å²) in [5, 5.41) is 1.27. The molecule has 0 aliphatic rings. The lowest BCUT2D eigenvalue weighted by Gasteiger charge is -2.12. The summed E-state index contributed by atoms with van der Waals surface area (Å²) in [4.78, 5) is 17.6. The van der Waals surface area contributed by atoms with Crippen molar-refractivity contribution in [2.75, 3.05) is 5.73 Å². The highest BCUT2D eigenvalue weighted by Gasteiger charge is 2.19. The first-order valence-corrected chi connectivity index (χ1v) is 6.51. The lowest BCUT2D eigenvalue weighted by molar-refractivity contribution is 0.284. The van der Waals surface area contributed by atoms with Gasteiger partial charge in [0.05, 0.1) is 10.7 Å². The SMILES string of the molecule is Nc1c(Cl)cc(OP(=O)(O)O)c2ccccc12. The quantitative estimate of drug-likeness (QED) is 0.577. The van der Waals surface area contributed by atoms with Crippen molar-refractivity contribution in [1.29, 1.82) is 0 Å². The average molecular weight is 274 g/mol. The Kier molecular flexibility index (Phi) is 3.02. The van der Waals surface area contributed by atoms with Crippen molar-refractivity contribution in [2.24, 2.45) is 0 Å². The zero-order valence-corrected chi connectivity index (χ0v) is 10.2. The topological polar surface area (TPSA) is 92.8 Å². The normalized spacial score (nSPS) is 11.7. The van der Waals surface area contributed by atoms with Gasteiger partial charge < -0.3 is 10.3 Å². The third-order valence-electron chi connectivity index (χ3n) is 2.22. The molecule has 2 aromatic carbocycles.